The van der Waals surface area contributed by atoms with Crippen molar-refractivity contribution in [3.63, 3.8) is 0 Å². The SMILES string of the molecule is CCCn1ncc(N)c(Br)c1=O. The first-order valence-electron chi connectivity index (χ1n) is 3.68. The second kappa shape index (κ2) is 3.71. The molecular formula is C7H10BrN3O. The van der Waals surface area contributed by atoms with Gasteiger partial charge in [-0.25, -0.2) is 4.68 Å². The van der Waals surface area contributed by atoms with Crippen molar-refractivity contribution in [2.75, 3.05) is 5.73 Å². The number of nitrogen functional groups attached to an aromatic ring is 1. The van der Waals surface area contributed by atoms with E-state index in [1.807, 2.05) is 6.92 Å². The minimum atomic E-state index is -0.170. The Kier molecular flexibility index (Phi) is 2.86. The number of nitrogens with zero attached hydrogens (tertiary/aromatic N) is 2. The van der Waals surface area contributed by atoms with Crippen molar-refractivity contribution in [1.82, 2.24) is 9.78 Å². The average molecular weight is 232 g/mol. The van der Waals surface area contributed by atoms with Crippen molar-refractivity contribution in [3.8, 4) is 0 Å². The van der Waals surface area contributed by atoms with Gasteiger partial charge in [0.25, 0.3) is 5.56 Å². The van der Waals surface area contributed by atoms with E-state index in [0.717, 1.165) is 6.42 Å². The van der Waals surface area contributed by atoms with Crippen molar-refractivity contribution in [2.45, 2.75) is 19.9 Å². The lowest BCUT2D eigenvalue weighted by molar-refractivity contribution is 0.566. The van der Waals surface area contributed by atoms with Crippen LogP contribution >= 0.6 is 15.9 Å². The van der Waals surface area contributed by atoms with Gasteiger partial charge in [-0.15, -0.1) is 0 Å². The normalized spacial score (nSPS) is 10.2. The molecule has 1 heterocycles. The van der Waals surface area contributed by atoms with Crippen LogP contribution in [-0.2, 0) is 6.54 Å². The lowest BCUT2D eigenvalue weighted by Gasteiger charge is -2.03. The van der Waals surface area contributed by atoms with Crippen LogP contribution in [0.5, 0.6) is 0 Å². The fourth-order valence-electron chi connectivity index (χ4n) is 0.849. The standard InChI is InChI=1S/C7H10BrN3O/c1-2-3-11-7(12)6(8)5(9)4-10-11/h4H,2-3,9H2,1H3. The highest BCUT2D eigenvalue weighted by Crippen LogP contribution is 2.10. The van der Waals surface area contributed by atoms with E-state index >= 15 is 0 Å². The van der Waals surface area contributed by atoms with Gasteiger partial charge in [0.05, 0.1) is 11.9 Å². The molecule has 0 radical (unpaired) electrons. The number of rotatable bonds is 2. The molecule has 0 unspecified atom stereocenters. The quantitative estimate of drug-likeness (QED) is 0.827. The summed E-state index contributed by atoms with van der Waals surface area (Å²) in [6.07, 6.45) is 2.35. The third-order valence-electron chi connectivity index (χ3n) is 1.45. The van der Waals surface area contributed by atoms with E-state index in [9.17, 15) is 4.79 Å². The number of halogens is 1. The molecule has 0 atom stereocenters. The van der Waals surface area contributed by atoms with E-state index in [4.69, 9.17) is 5.73 Å². The summed E-state index contributed by atoms with van der Waals surface area (Å²) >= 11 is 3.10. The predicted molar refractivity (Wildman–Crippen MR) is 50.9 cm³/mol. The molecule has 12 heavy (non-hydrogen) atoms. The molecule has 1 aromatic rings. The lowest BCUT2D eigenvalue weighted by atomic mass is 10.4. The molecular weight excluding hydrogens is 222 g/mol. The lowest BCUT2D eigenvalue weighted by Crippen LogP contribution is -2.24. The molecule has 0 amide bonds. The van der Waals surface area contributed by atoms with E-state index in [0.29, 0.717) is 16.7 Å². The molecule has 66 valence electrons. The van der Waals surface area contributed by atoms with Gasteiger partial charge in [0, 0.05) is 6.54 Å². The fraction of sp³-hybridized carbons (Fsp3) is 0.429. The maximum absolute atomic E-state index is 11.4. The van der Waals surface area contributed by atoms with E-state index in [2.05, 4.69) is 21.0 Å². The third kappa shape index (κ3) is 1.66. The Labute approximate surface area is 78.5 Å². The summed E-state index contributed by atoms with van der Waals surface area (Å²) in [5.41, 5.74) is 5.68. The Hall–Kier alpha value is -0.840. The van der Waals surface area contributed by atoms with Crippen LogP contribution in [0.1, 0.15) is 13.3 Å². The van der Waals surface area contributed by atoms with Crippen LogP contribution < -0.4 is 11.3 Å². The van der Waals surface area contributed by atoms with Crippen LogP contribution in [0.3, 0.4) is 0 Å². The van der Waals surface area contributed by atoms with Crippen LogP contribution in [0.2, 0.25) is 0 Å². The highest BCUT2D eigenvalue weighted by Gasteiger charge is 2.04. The first kappa shape index (κ1) is 9.25. The smallest absolute Gasteiger partial charge is 0.283 e. The molecule has 1 aromatic heterocycles. The molecule has 2 N–H and O–H groups in total. The molecule has 0 spiro atoms. The first-order valence-corrected chi connectivity index (χ1v) is 4.47. The van der Waals surface area contributed by atoms with Gasteiger partial charge in [0.15, 0.2) is 0 Å². The van der Waals surface area contributed by atoms with Gasteiger partial charge in [-0.2, -0.15) is 5.10 Å². The monoisotopic (exact) mass is 231 g/mol. The summed E-state index contributed by atoms with van der Waals surface area (Å²) in [6.45, 7) is 2.61. The average Bonchev–Trinajstić information content (AvgIpc) is 2.07. The second-order valence-corrected chi connectivity index (χ2v) is 3.24. The van der Waals surface area contributed by atoms with Gasteiger partial charge in [0.1, 0.15) is 4.47 Å². The molecule has 5 heteroatoms. The zero-order chi connectivity index (χ0) is 9.14. The summed E-state index contributed by atoms with van der Waals surface area (Å²) in [4.78, 5) is 11.4. The van der Waals surface area contributed by atoms with E-state index in [1.165, 1.54) is 10.9 Å². The van der Waals surface area contributed by atoms with Crippen LogP contribution in [0, 0.1) is 0 Å². The van der Waals surface area contributed by atoms with Crippen molar-refractivity contribution in [3.05, 3.63) is 21.0 Å². The number of aromatic nitrogens is 2. The highest BCUT2D eigenvalue weighted by atomic mass is 79.9. The number of hydrogen-bond acceptors (Lipinski definition) is 3. The van der Waals surface area contributed by atoms with Gasteiger partial charge in [0.2, 0.25) is 0 Å². The zero-order valence-electron chi connectivity index (χ0n) is 6.75. The molecule has 0 saturated heterocycles. The largest absolute Gasteiger partial charge is 0.396 e. The topological polar surface area (TPSA) is 60.9 Å². The summed E-state index contributed by atoms with van der Waals surface area (Å²) in [7, 11) is 0. The second-order valence-electron chi connectivity index (χ2n) is 2.44. The maximum Gasteiger partial charge on any atom is 0.283 e. The molecule has 0 bridgehead atoms. The zero-order valence-corrected chi connectivity index (χ0v) is 8.34. The number of hydrogen-bond donors (Lipinski definition) is 1. The van der Waals surface area contributed by atoms with Crippen LogP contribution in [0.15, 0.2) is 15.5 Å². The predicted octanol–water partition coefficient (Wildman–Crippen LogP) is 0.998. The molecule has 0 saturated carbocycles. The van der Waals surface area contributed by atoms with Crippen molar-refractivity contribution in [1.29, 1.82) is 0 Å². The van der Waals surface area contributed by atoms with E-state index in [1.54, 1.807) is 0 Å². The van der Waals surface area contributed by atoms with Crippen molar-refractivity contribution >= 4 is 21.6 Å². The van der Waals surface area contributed by atoms with Crippen molar-refractivity contribution < 1.29 is 0 Å². The minimum Gasteiger partial charge on any atom is -0.396 e. The molecule has 0 aliphatic heterocycles. The van der Waals surface area contributed by atoms with E-state index in [-0.39, 0.29) is 5.56 Å². The summed E-state index contributed by atoms with van der Waals surface area (Å²) in [6, 6.07) is 0. The van der Waals surface area contributed by atoms with E-state index < -0.39 is 0 Å². The summed E-state index contributed by atoms with van der Waals surface area (Å²) in [5.74, 6) is 0. The van der Waals surface area contributed by atoms with Gasteiger partial charge < -0.3 is 5.73 Å². The molecule has 0 aromatic carbocycles. The van der Waals surface area contributed by atoms with Crippen LogP contribution in [0.25, 0.3) is 0 Å². The van der Waals surface area contributed by atoms with Crippen LogP contribution in [-0.4, -0.2) is 9.78 Å². The molecule has 0 fully saturated rings. The maximum atomic E-state index is 11.4. The molecule has 1 rings (SSSR count). The minimum absolute atomic E-state index is 0.170. The molecule has 4 nitrogen and oxygen atoms in total. The Morgan fingerprint density at radius 1 is 1.75 bits per heavy atom. The first-order chi connectivity index (χ1) is 5.66. The van der Waals surface area contributed by atoms with Crippen LogP contribution in [0.4, 0.5) is 5.69 Å². The van der Waals surface area contributed by atoms with Gasteiger partial charge in [-0.3, -0.25) is 4.79 Å². The highest BCUT2D eigenvalue weighted by molar-refractivity contribution is 9.10. The Morgan fingerprint density at radius 3 is 3.00 bits per heavy atom. The molecule has 0 aliphatic rings. The Morgan fingerprint density at radius 2 is 2.42 bits per heavy atom. The van der Waals surface area contributed by atoms with Gasteiger partial charge in [-0.05, 0) is 22.4 Å². The summed E-state index contributed by atoms with van der Waals surface area (Å²) < 4.78 is 1.78. The van der Waals surface area contributed by atoms with Gasteiger partial charge in [-0.1, -0.05) is 6.92 Å². The Balaban J connectivity index is 3.18. The van der Waals surface area contributed by atoms with Crippen molar-refractivity contribution in [2.24, 2.45) is 0 Å². The number of nitrogens with two attached hydrogens (primary N) is 1. The third-order valence-corrected chi connectivity index (χ3v) is 2.24. The van der Waals surface area contributed by atoms with Gasteiger partial charge >= 0.3 is 0 Å². The number of anilines is 1. The summed E-state index contributed by atoms with van der Waals surface area (Å²) in [5, 5.41) is 3.88. The fourth-order valence-corrected chi connectivity index (χ4v) is 1.16. The molecule has 0 aliphatic carbocycles. The Bertz CT molecular complexity index is 334. The number of aryl methyl sites for hydroxylation is 1.